The van der Waals surface area contributed by atoms with E-state index in [1.807, 2.05) is 49.0 Å². The molecule has 0 aliphatic heterocycles. The number of aromatic nitrogens is 4. The maximum absolute atomic E-state index is 5.84. The highest BCUT2D eigenvalue weighted by Gasteiger charge is 2.19. The van der Waals surface area contributed by atoms with Gasteiger partial charge < -0.3 is 4.42 Å². The van der Waals surface area contributed by atoms with Crippen molar-refractivity contribution in [3.8, 4) is 16.5 Å². The van der Waals surface area contributed by atoms with Gasteiger partial charge in [0.2, 0.25) is 5.89 Å². The maximum Gasteiger partial charge on any atom is 0.257 e. The normalized spacial score (nSPS) is 12.4. The lowest BCUT2D eigenvalue weighted by Gasteiger charge is -2.11. The molecular formula is C18H16N4OS2. The number of benzene rings is 1. The van der Waals surface area contributed by atoms with E-state index in [0.717, 1.165) is 15.7 Å². The molecule has 7 heteroatoms. The van der Waals surface area contributed by atoms with Crippen molar-refractivity contribution < 1.29 is 4.42 Å². The summed E-state index contributed by atoms with van der Waals surface area (Å²) in [6.45, 7) is 4.14. The summed E-state index contributed by atoms with van der Waals surface area (Å²) < 4.78 is 7.93. The van der Waals surface area contributed by atoms with Gasteiger partial charge >= 0.3 is 0 Å². The third kappa shape index (κ3) is 3.25. The first-order chi connectivity index (χ1) is 12.2. The second kappa shape index (κ2) is 6.85. The lowest BCUT2D eigenvalue weighted by atomic mass is 10.2. The number of nitrogens with zero attached hydrogens (tertiary/aromatic N) is 4. The highest BCUT2D eigenvalue weighted by Crippen LogP contribution is 2.36. The zero-order chi connectivity index (χ0) is 17.2. The van der Waals surface area contributed by atoms with E-state index in [4.69, 9.17) is 4.42 Å². The molecule has 126 valence electrons. The van der Waals surface area contributed by atoms with Crippen molar-refractivity contribution in [2.45, 2.75) is 24.3 Å². The van der Waals surface area contributed by atoms with Crippen LogP contribution < -0.4 is 0 Å². The second-order valence-corrected chi connectivity index (χ2v) is 7.80. The Hall–Kier alpha value is -2.38. The molecule has 0 N–H and O–H groups in total. The van der Waals surface area contributed by atoms with Crippen molar-refractivity contribution in [1.82, 2.24) is 19.7 Å². The van der Waals surface area contributed by atoms with Gasteiger partial charge in [-0.15, -0.1) is 21.5 Å². The molecule has 0 bridgehead atoms. The Bertz CT molecular complexity index is 975. The number of thioether (sulfide) groups is 1. The molecule has 0 radical (unpaired) electrons. The van der Waals surface area contributed by atoms with E-state index in [1.165, 1.54) is 5.56 Å². The van der Waals surface area contributed by atoms with E-state index >= 15 is 0 Å². The zero-order valence-electron chi connectivity index (χ0n) is 13.8. The number of hydrogen-bond acceptors (Lipinski definition) is 6. The Morgan fingerprint density at radius 2 is 2.04 bits per heavy atom. The lowest BCUT2D eigenvalue weighted by Crippen LogP contribution is -1.99. The first-order valence-electron chi connectivity index (χ1n) is 7.85. The fraction of sp³-hybridized carbons (Fsp3) is 0.167. The van der Waals surface area contributed by atoms with Gasteiger partial charge in [0, 0.05) is 12.4 Å². The van der Waals surface area contributed by atoms with Crippen LogP contribution >= 0.6 is 23.1 Å². The van der Waals surface area contributed by atoms with Gasteiger partial charge in [0.15, 0.2) is 5.16 Å². The predicted octanol–water partition coefficient (Wildman–Crippen LogP) is 5.15. The van der Waals surface area contributed by atoms with Crippen LogP contribution in [0.3, 0.4) is 0 Å². The average molecular weight is 368 g/mol. The van der Waals surface area contributed by atoms with E-state index in [0.29, 0.717) is 11.8 Å². The molecule has 3 heterocycles. The third-order valence-electron chi connectivity index (χ3n) is 3.78. The lowest BCUT2D eigenvalue weighted by molar-refractivity contribution is 0.510. The van der Waals surface area contributed by atoms with Gasteiger partial charge in [-0.25, -0.2) is 4.98 Å². The molecule has 0 saturated heterocycles. The number of imidazole rings is 1. The summed E-state index contributed by atoms with van der Waals surface area (Å²) >= 11 is 3.19. The number of aryl methyl sites for hydroxylation is 1. The first kappa shape index (κ1) is 16.1. The minimum atomic E-state index is 0.00591. The van der Waals surface area contributed by atoms with Crippen LogP contribution in [0, 0.1) is 6.92 Å². The minimum Gasteiger partial charge on any atom is -0.419 e. The van der Waals surface area contributed by atoms with E-state index in [-0.39, 0.29) is 5.25 Å². The van der Waals surface area contributed by atoms with Crippen molar-refractivity contribution in [2.24, 2.45) is 0 Å². The van der Waals surface area contributed by atoms with Gasteiger partial charge in [0.1, 0.15) is 0 Å². The largest absolute Gasteiger partial charge is 0.419 e. The summed E-state index contributed by atoms with van der Waals surface area (Å²) in [7, 11) is 0. The molecule has 0 aliphatic carbocycles. The zero-order valence-corrected chi connectivity index (χ0v) is 15.4. The van der Waals surface area contributed by atoms with Crippen molar-refractivity contribution >= 4 is 23.1 Å². The van der Waals surface area contributed by atoms with E-state index in [1.54, 1.807) is 23.1 Å². The smallest absolute Gasteiger partial charge is 0.257 e. The molecule has 0 spiro atoms. The fourth-order valence-electron chi connectivity index (χ4n) is 2.50. The molecule has 3 aromatic heterocycles. The first-order valence-corrected chi connectivity index (χ1v) is 9.61. The summed E-state index contributed by atoms with van der Waals surface area (Å²) in [5.74, 6) is 1.17. The van der Waals surface area contributed by atoms with Crippen LogP contribution in [0.2, 0.25) is 0 Å². The molecule has 0 amide bonds. The molecule has 1 aromatic carbocycles. The number of thiophene rings is 1. The van der Waals surface area contributed by atoms with Gasteiger partial charge in [-0.2, -0.15) is 0 Å². The maximum atomic E-state index is 5.84. The summed E-state index contributed by atoms with van der Waals surface area (Å²) in [6.07, 6.45) is 3.79. The molecule has 25 heavy (non-hydrogen) atoms. The summed E-state index contributed by atoms with van der Waals surface area (Å²) in [5.41, 5.74) is 2.33. The van der Waals surface area contributed by atoms with E-state index < -0.39 is 0 Å². The number of rotatable bonds is 5. The van der Waals surface area contributed by atoms with Gasteiger partial charge in [-0.3, -0.25) is 4.57 Å². The highest BCUT2D eigenvalue weighted by atomic mass is 32.2. The van der Waals surface area contributed by atoms with Crippen LogP contribution in [-0.2, 0) is 0 Å². The molecular weight excluding hydrogens is 352 g/mol. The number of para-hydroxylation sites is 1. The fourth-order valence-corrected chi connectivity index (χ4v) is 4.05. The van der Waals surface area contributed by atoms with Gasteiger partial charge in [0.05, 0.1) is 15.8 Å². The molecule has 1 atom stereocenters. The SMILES string of the molecule is Cc1ccccc1-n1ccnc1SC(C)c1nnc(-c2cccs2)o1. The van der Waals surface area contributed by atoms with Crippen molar-refractivity contribution in [3.05, 3.63) is 65.6 Å². The molecule has 0 fully saturated rings. The molecule has 5 nitrogen and oxygen atoms in total. The molecule has 0 saturated carbocycles. The van der Waals surface area contributed by atoms with Crippen LogP contribution in [0.15, 0.2) is 63.7 Å². The van der Waals surface area contributed by atoms with Gasteiger partial charge in [-0.05, 0) is 36.9 Å². The molecule has 4 rings (SSSR count). The summed E-state index contributed by atoms with van der Waals surface area (Å²) in [5, 5.41) is 11.3. The minimum absolute atomic E-state index is 0.00591. The molecule has 1 unspecified atom stereocenters. The monoisotopic (exact) mass is 368 g/mol. The molecule has 0 aliphatic rings. The summed E-state index contributed by atoms with van der Waals surface area (Å²) in [6, 6.07) is 12.2. The Balaban J connectivity index is 1.57. The second-order valence-electron chi connectivity index (χ2n) is 5.55. The van der Waals surface area contributed by atoms with Crippen molar-refractivity contribution in [2.75, 3.05) is 0 Å². The highest BCUT2D eigenvalue weighted by molar-refractivity contribution is 7.99. The van der Waals surface area contributed by atoms with Gasteiger partial charge in [0.25, 0.3) is 5.89 Å². The van der Waals surface area contributed by atoms with Crippen molar-refractivity contribution in [1.29, 1.82) is 0 Å². The number of hydrogen-bond donors (Lipinski definition) is 0. The van der Waals surface area contributed by atoms with Crippen molar-refractivity contribution in [3.63, 3.8) is 0 Å². The standard InChI is InChI=1S/C18H16N4OS2/c1-12-6-3-4-7-14(12)22-10-9-19-18(22)25-13(2)16-20-21-17(23-16)15-8-5-11-24-15/h3-11,13H,1-2H3. The quantitative estimate of drug-likeness (QED) is 0.456. The Morgan fingerprint density at radius 3 is 2.84 bits per heavy atom. The Labute approximate surface area is 153 Å². The van der Waals surface area contributed by atoms with E-state index in [2.05, 4.69) is 38.8 Å². The van der Waals surface area contributed by atoms with E-state index in [9.17, 15) is 0 Å². The van der Waals surface area contributed by atoms with Crippen LogP contribution in [0.1, 0.15) is 23.6 Å². The predicted molar refractivity (Wildman–Crippen MR) is 100 cm³/mol. The Kier molecular flexibility index (Phi) is 4.42. The summed E-state index contributed by atoms with van der Waals surface area (Å²) in [4.78, 5) is 5.48. The third-order valence-corrected chi connectivity index (χ3v) is 5.71. The van der Waals surface area contributed by atoms with Crippen LogP contribution in [0.4, 0.5) is 0 Å². The average Bonchev–Trinajstić information content (AvgIpc) is 3.36. The van der Waals surface area contributed by atoms with Crippen LogP contribution in [0.5, 0.6) is 0 Å². The molecule has 4 aromatic rings. The van der Waals surface area contributed by atoms with Gasteiger partial charge in [-0.1, -0.05) is 36.0 Å². The Morgan fingerprint density at radius 1 is 1.16 bits per heavy atom. The van der Waals surface area contributed by atoms with Crippen LogP contribution in [-0.4, -0.2) is 19.7 Å². The van der Waals surface area contributed by atoms with Crippen LogP contribution in [0.25, 0.3) is 16.5 Å². The topological polar surface area (TPSA) is 56.7 Å².